The highest BCUT2D eigenvalue weighted by Gasteiger charge is 2.28. The van der Waals surface area contributed by atoms with Gasteiger partial charge in [-0.2, -0.15) is 4.72 Å². The quantitative estimate of drug-likeness (QED) is 0.270. The first-order chi connectivity index (χ1) is 18.2. The van der Waals surface area contributed by atoms with Crippen LogP contribution in [0.1, 0.15) is 23.7 Å². The van der Waals surface area contributed by atoms with E-state index in [1.165, 1.54) is 24.3 Å². The van der Waals surface area contributed by atoms with Gasteiger partial charge in [0.25, 0.3) is 0 Å². The van der Waals surface area contributed by atoms with Gasteiger partial charge in [0, 0.05) is 34.6 Å². The van der Waals surface area contributed by atoms with E-state index >= 15 is 0 Å². The molecule has 0 fully saturated rings. The van der Waals surface area contributed by atoms with Gasteiger partial charge in [-0.15, -0.1) is 5.92 Å². The second-order valence-electron chi connectivity index (χ2n) is 8.70. The van der Waals surface area contributed by atoms with E-state index in [1.54, 1.807) is 19.1 Å². The summed E-state index contributed by atoms with van der Waals surface area (Å²) in [6, 6.07) is 19.7. The maximum Gasteiger partial charge on any atom is 0.322 e. The minimum atomic E-state index is -4.13. The molecule has 0 amide bonds. The van der Waals surface area contributed by atoms with E-state index in [9.17, 15) is 18.3 Å². The van der Waals surface area contributed by atoms with Crippen LogP contribution in [0, 0.1) is 18.8 Å². The van der Waals surface area contributed by atoms with Crippen LogP contribution >= 0.6 is 11.6 Å². The standard InChI is InChI=1S/C29H27ClN2O5S/c1-3-4-16-37-23-11-13-24(14-12-23)38(35,36)31-27(29(33)34)18-25-20(2)32(19-21-8-6-5-7-9-21)28-15-10-22(30)17-26(25)28/h5-15,17,27,31H,16,18-19H2,1-2H3,(H,33,34)/t27-/m0/s1. The summed E-state index contributed by atoms with van der Waals surface area (Å²) in [5, 5.41) is 11.3. The zero-order chi connectivity index (χ0) is 27.3. The fourth-order valence-electron chi connectivity index (χ4n) is 4.30. The van der Waals surface area contributed by atoms with Crippen LogP contribution in [-0.4, -0.2) is 36.7 Å². The second-order valence-corrected chi connectivity index (χ2v) is 10.9. The molecule has 9 heteroatoms. The van der Waals surface area contributed by atoms with Crippen LogP contribution in [0.15, 0.2) is 77.7 Å². The highest BCUT2D eigenvalue weighted by Crippen LogP contribution is 2.31. The molecule has 1 heterocycles. The van der Waals surface area contributed by atoms with Crippen LogP contribution in [0.2, 0.25) is 5.02 Å². The lowest BCUT2D eigenvalue weighted by atomic mass is 10.0. The van der Waals surface area contributed by atoms with Crippen LogP contribution in [0.25, 0.3) is 10.9 Å². The number of rotatable bonds is 10. The summed E-state index contributed by atoms with van der Waals surface area (Å²) < 4.78 is 36.1. The lowest BCUT2D eigenvalue weighted by Crippen LogP contribution is -2.42. The SMILES string of the molecule is CC#CCOc1ccc(S(=O)(=O)N[C@@H](Cc2c(C)n(Cc3ccccc3)c3ccc(Cl)cc23)C(=O)O)cc1. The number of hydrogen-bond donors (Lipinski definition) is 2. The molecule has 0 spiro atoms. The Morgan fingerprint density at radius 2 is 1.82 bits per heavy atom. The lowest BCUT2D eigenvalue weighted by Gasteiger charge is -2.16. The Labute approximate surface area is 227 Å². The first-order valence-corrected chi connectivity index (χ1v) is 13.7. The van der Waals surface area contributed by atoms with E-state index in [0.717, 1.165) is 22.2 Å². The molecule has 196 valence electrons. The molecule has 38 heavy (non-hydrogen) atoms. The van der Waals surface area contributed by atoms with Gasteiger partial charge in [-0.05, 0) is 67.4 Å². The van der Waals surface area contributed by atoms with Gasteiger partial charge in [0.15, 0.2) is 0 Å². The fourth-order valence-corrected chi connectivity index (χ4v) is 5.66. The van der Waals surface area contributed by atoms with Gasteiger partial charge in [-0.3, -0.25) is 4.79 Å². The zero-order valence-electron chi connectivity index (χ0n) is 20.9. The molecule has 0 saturated carbocycles. The van der Waals surface area contributed by atoms with E-state index in [-0.39, 0.29) is 17.9 Å². The van der Waals surface area contributed by atoms with Gasteiger partial charge in [-0.1, -0.05) is 47.9 Å². The van der Waals surface area contributed by atoms with E-state index in [4.69, 9.17) is 16.3 Å². The van der Waals surface area contributed by atoms with Crippen LogP contribution in [0.3, 0.4) is 0 Å². The molecular formula is C29H27ClN2O5S. The van der Waals surface area contributed by atoms with Crippen LogP contribution < -0.4 is 9.46 Å². The van der Waals surface area contributed by atoms with Crippen LogP contribution in [0.5, 0.6) is 5.75 Å². The van der Waals surface area contributed by atoms with Gasteiger partial charge >= 0.3 is 5.97 Å². The monoisotopic (exact) mass is 550 g/mol. The Balaban J connectivity index is 1.64. The third-order valence-electron chi connectivity index (χ3n) is 6.23. The lowest BCUT2D eigenvalue weighted by molar-refractivity contribution is -0.138. The molecular weight excluding hydrogens is 524 g/mol. The fraction of sp³-hybridized carbons (Fsp3) is 0.207. The number of carboxylic acid groups (broad SMARTS) is 1. The van der Waals surface area contributed by atoms with E-state index in [2.05, 4.69) is 21.1 Å². The van der Waals surface area contributed by atoms with Crippen molar-refractivity contribution < 1.29 is 23.1 Å². The Bertz CT molecular complexity index is 1620. The molecule has 2 N–H and O–H groups in total. The summed E-state index contributed by atoms with van der Waals surface area (Å²) in [7, 11) is -4.13. The van der Waals surface area contributed by atoms with Crippen molar-refractivity contribution in [2.24, 2.45) is 0 Å². The van der Waals surface area contributed by atoms with Crippen molar-refractivity contribution in [3.05, 3.63) is 94.6 Å². The van der Waals surface area contributed by atoms with Gasteiger partial charge in [-0.25, -0.2) is 8.42 Å². The average Bonchev–Trinajstić information content (AvgIpc) is 3.14. The topological polar surface area (TPSA) is 97.6 Å². The summed E-state index contributed by atoms with van der Waals surface area (Å²) in [4.78, 5) is 12.2. The molecule has 0 bridgehead atoms. The highest BCUT2D eigenvalue weighted by atomic mass is 35.5. The summed E-state index contributed by atoms with van der Waals surface area (Å²) in [6.07, 6.45) is -0.0596. The van der Waals surface area contributed by atoms with Crippen molar-refractivity contribution in [3.8, 4) is 17.6 Å². The van der Waals surface area contributed by atoms with Crippen molar-refractivity contribution >= 4 is 38.5 Å². The Morgan fingerprint density at radius 1 is 1.11 bits per heavy atom. The molecule has 0 saturated heterocycles. The number of fused-ring (bicyclic) bond motifs is 1. The number of benzene rings is 3. The van der Waals surface area contributed by atoms with Crippen LogP contribution in [-0.2, 0) is 27.8 Å². The number of carboxylic acids is 1. The Hall–Kier alpha value is -3.77. The van der Waals surface area contributed by atoms with Crippen LogP contribution in [0.4, 0.5) is 0 Å². The second kappa shape index (κ2) is 11.7. The van der Waals surface area contributed by atoms with Gasteiger partial charge in [0.05, 0.1) is 4.90 Å². The van der Waals surface area contributed by atoms with Crippen molar-refractivity contribution in [3.63, 3.8) is 0 Å². The number of aromatic nitrogens is 1. The number of ether oxygens (including phenoxy) is 1. The maximum absolute atomic E-state index is 13.1. The van der Waals surface area contributed by atoms with Crippen molar-refractivity contribution in [1.82, 2.24) is 9.29 Å². The van der Waals surface area contributed by atoms with Crippen molar-refractivity contribution in [2.75, 3.05) is 6.61 Å². The minimum absolute atomic E-state index is 0.0596. The number of aliphatic carboxylic acids is 1. The van der Waals surface area contributed by atoms with E-state index in [1.807, 2.05) is 43.3 Å². The molecule has 1 atom stereocenters. The molecule has 4 rings (SSSR count). The molecule has 7 nitrogen and oxygen atoms in total. The van der Waals surface area contributed by atoms with Crippen molar-refractivity contribution in [1.29, 1.82) is 0 Å². The predicted molar refractivity (Wildman–Crippen MR) is 148 cm³/mol. The average molecular weight is 551 g/mol. The molecule has 0 aliphatic rings. The maximum atomic E-state index is 13.1. The molecule has 0 radical (unpaired) electrons. The minimum Gasteiger partial charge on any atom is -0.481 e. The molecule has 4 aromatic rings. The summed E-state index contributed by atoms with van der Waals surface area (Å²) >= 11 is 6.30. The van der Waals surface area contributed by atoms with Gasteiger partial charge in [0.2, 0.25) is 10.0 Å². The first-order valence-electron chi connectivity index (χ1n) is 11.9. The summed E-state index contributed by atoms with van der Waals surface area (Å²) in [5.41, 5.74) is 3.53. The normalized spacial score (nSPS) is 12.1. The van der Waals surface area contributed by atoms with Gasteiger partial charge in [0.1, 0.15) is 18.4 Å². The number of carbonyl (C=O) groups is 1. The molecule has 3 aromatic carbocycles. The summed E-state index contributed by atoms with van der Waals surface area (Å²) in [5.74, 6) is 4.65. The molecule has 0 unspecified atom stereocenters. The van der Waals surface area contributed by atoms with E-state index in [0.29, 0.717) is 22.9 Å². The Morgan fingerprint density at radius 3 is 2.47 bits per heavy atom. The number of halogens is 1. The molecule has 0 aliphatic heterocycles. The largest absolute Gasteiger partial charge is 0.481 e. The first kappa shape index (κ1) is 27.3. The Kier molecular flexibility index (Phi) is 8.42. The number of nitrogens with zero attached hydrogens (tertiary/aromatic N) is 1. The van der Waals surface area contributed by atoms with Gasteiger partial charge < -0.3 is 14.4 Å². The molecule has 0 aliphatic carbocycles. The van der Waals surface area contributed by atoms with Crippen molar-refractivity contribution in [2.45, 2.75) is 37.8 Å². The number of sulfonamides is 1. The predicted octanol–water partition coefficient (Wildman–Crippen LogP) is 5.03. The highest BCUT2D eigenvalue weighted by molar-refractivity contribution is 7.89. The smallest absolute Gasteiger partial charge is 0.322 e. The number of hydrogen-bond acceptors (Lipinski definition) is 4. The zero-order valence-corrected chi connectivity index (χ0v) is 22.5. The molecule has 1 aromatic heterocycles. The third kappa shape index (κ3) is 6.20. The van der Waals surface area contributed by atoms with E-state index < -0.39 is 22.0 Å². The summed E-state index contributed by atoms with van der Waals surface area (Å²) in [6.45, 7) is 4.36. The third-order valence-corrected chi connectivity index (χ3v) is 7.95. The number of nitrogens with one attached hydrogen (secondary N) is 1.